The van der Waals surface area contributed by atoms with Crippen molar-refractivity contribution in [3.05, 3.63) is 87.4 Å². The largest absolute Gasteiger partial charge is 0.364 e. The van der Waals surface area contributed by atoms with E-state index in [9.17, 15) is 14.4 Å². The van der Waals surface area contributed by atoms with Crippen LogP contribution in [0.5, 0.6) is 0 Å². The van der Waals surface area contributed by atoms with Crippen molar-refractivity contribution >= 4 is 40.2 Å². The number of benzene rings is 2. The zero-order valence-corrected chi connectivity index (χ0v) is 16.7. The number of nitrogens with zero attached hydrogens (tertiary/aromatic N) is 3. The van der Waals surface area contributed by atoms with Crippen LogP contribution < -0.4 is 0 Å². The van der Waals surface area contributed by atoms with E-state index in [0.717, 1.165) is 11.3 Å². The van der Waals surface area contributed by atoms with Crippen LogP contribution in [-0.4, -0.2) is 32.4 Å². The monoisotopic (exact) mass is 417 g/mol. The molecule has 5 rings (SSSR count). The second-order valence-electron chi connectivity index (χ2n) is 6.88. The van der Waals surface area contributed by atoms with Gasteiger partial charge in [0.1, 0.15) is 5.82 Å². The van der Waals surface area contributed by atoms with Gasteiger partial charge in [-0.05, 0) is 41.8 Å². The molecule has 2 amide bonds. The summed E-state index contributed by atoms with van der Waals surface area (Å²) in [5, 5.41) is 2.53. The average Bonchev–Trinajstić information content (AvgIpc) is 3.44. The third-order valence-electron chi connectivity index (χ3n) is 5.05. The summed E-state index contributed by atoms with van der Waals surface area (Å²) in [5.74, 6) is -1.22. The molecule has 0 N–H and O–H groups in total. The highest BCUT2D eigenvalue weighted by Crippen LogP contribution is 2.25. The molecule has 2 aromatic heterocycles. The Kier molecular flexibility index (Phi) is 4.22. The standard InChI is InChI=1S/C22H15N3O4S/c1-24-18-9-8-13(11-17(18)23-19(24)12-14-5-4-10-30-14)22(28)29-25-20(26)15-6-2-3-7-16(15)21(25)27/h2-11H,12H2,1H3. The summed E-state index contributed by atoms with van der Waals surface area (Å²) in [6, 6.07) is 15.4. The maximum absolute atomic E-state index is 12.6. The molecule has 0 unspecified atom stereocenters. The Hall–Kier alpha value is -3.78. The summed E-state index contributed by atoms with van der Waals surface area (Å²) < 4.78 is 1.98. The van der Waals surface area contributed by atoms with Crippen molar-refractivity contribution in [1.82, 2.24) is 14.6 Å². The molecule has 0 atom stereocenters. The number of amides is 2. The van der Waals surface area contributed by atoms with Crippen LogP contribution in [0.15, 0.2) is 60.0 Å². The lowest BCUT2D eigenvalue weighted by atomic mass is 10.1. The van der Waals surface area contributed by atoms with Gasteiger partial charge in [0.15, 0.2) is 0 Å². The van der Waals surface area contributed by atoms with Crippen LogP contribution in [-0.2, 0) is 18.3 Å². The number of carbonyl (C=O) groups excluding carboxylic acids is 3. The minimum Gasteiger partial charge on any atom is -0.331 e. The zero-order chi connectivity index (χ0) is 20.8. The molecule has 148 valence electrons. The number of hydrogen-bond donors (Lipinski definition) is 0. The molecular formula is C22H15N3O4S. The average molecular weight is 417 g/mol. The van der Waals surface area contributed by atoms with Crippen LogP contribution in [0.25, 0.3) is 11.0 Å². The van der Waals surface area contributed by atoms with Crippen molar-refractivity contribution in [2.45, 2.75) is 6.42 Å². The number of hydroxylamine groups is 2. The molecule has 4 aromatic rings. The van der Waals surface area contributed by atoms with E-state index in [1.165, 1.54) is 17.0 Å². The summed E-state index contributed by atoms with van der Waals surface area (Å²) in [7, 11) is 1.93. The van der Waals surface area contributed by atoms with E-state index in [4.69, 9.17) is 4.84 Å². The number of aromatic nitrogens is 2. The van der Waals surface area contributed by atoms with Crippen LogP contribution in [0.3, 0.4) is 0 Å². The molecule has 3 heterocycles. The molecule has 0 spiro atoms. The molecule has 0 fully saturated rings. The van der Waals surface area contributed by atoms with E-state index in [1.54, 1.807) is 41.7 Å². The summed E-state index contributed by atoms with van der Waals surface area (Å²) in [6.07, 6.45) is 0.692. The molecule has 30 heavy (non-hydrogen) atoms. The smallest absolute Gasteiger partial charge is 0.331 e. The highest BCUT2D eigenvalue weighted by atomic mass is 32.1. The molecule has 0 aliphatic carbocycles. The first kappa shape index (κ1) is 18.3. The van der Waals surface area contributed by atoms with E-state index in [2.05, 4.69) is 11.1 Å². The maximum Gasteiger partial charge on any atom is 0.364 e. The minimum absolute atomic E-state index is 0.208. The van der Waals surface area contributed by atoms with Gasteiger partial charge in [-0.1, -0.05) is 23.3 Å². The Morgan fingerprint density at radius 2 is 1.77 bits per heavy atom. The highest BCUT2D eigenvalue weighted by Gasteiger charge is 2.38. The van der Waals surface area contributed by atoms with Gasteiger partial charge in [0, 0.05) is 18.3 Å². The van der Waals surface area contributed by atoms with E-state index in [0.29, 0.717) is 17.0 Å². The second kappa shape index (κ2) is 6.93. The summed E-state index contributed by atoms with van der Waals surface area (Å²) in [4.78, 5) is 48.4. The van der Waals surface area contributed by atoms with Crippen molar-refractivity contribution in [1.29, 1.82) is 0 Å². The Morgan fingerprint density at radius 1 is 1.03 bits per heavy atom. The fraction of sp³-hybridized carbons (Fsp3) is 0.0909. The fourth-order valence-corrected chi connectivity index (χ4v) is 4.19. The van der Waals surface area contributed by atoms with Crippen LogP contribution >= 0.6 is 11.3 Å². The number of thiophene rings is 1. The van der Waals surface area contributed by atoms with Gasteiger partial charge < -0.3 is 9.40 Å². The van der Waals surface area contributed by atoms with E-state index < -0.39 is 17.8 Å². The zero-order valence-electron chi connectivity index (χ0n) is 15.9. The van der Waals surface area contributed by atoms with Gasteiger partial charge in [0.2, 0.25) is 0 Å². The molecule has 0 saturated carbocycles. The van der Waals surface area contributed by atoms with Crippen molar-refractivity contribution in [3.63, 3.8) is 0 Å². The number of imidazole rings is 1. The molecule has 0 bridgehead atoms. The topological polar surface area (TPSA) is 81.5 Å². The number of hydrogen-bond acceptors (Lipinski definition) is 6. The van der Waals surface area contributed by atoms with Crippen LogP contribution in [0.1, 0.15) is 41.8 Å². The van der Waals surface area contributed by atoms with Gasteiger partial charge in [-0.2, -0.15) is 0 Å². The van der Waals surface area contributed by atoms with Gasteiger partial charge in [0.05, 0.1) is 27.7 Å². The van der Waals surface area contributed by atoms with Gasteiger partial charge in [0.25, 0.3) is 11.8 Å². The molecule has 7 nitrogen and oxygen atoms in total. The summed E-state index contributed by atoms with van der Waals surface area (Å²) in [5.41, 5.74) is 2.15. The van der Waals surface area contributed by atoms with Crippen molar-refractivity contribution in [2.24, 2.45) is 7.05 Å². The number of imide groups is 1. The Labute approximate surface area is 175 Å². The van der Waals surface area contributed by atoms with E-state index >= 15 is 0 Å². The lowest BCUT2D eigenvalue weighted by Gasteiger charge is -2.12. The molecule has 0 saturated heterocycles. The number of rotatable bonds is 4. The normalized spacial score (nSPS) is 13.2. The lowest BCUT2D eigenvalue weighted by molar-refractivity contribution is -0.0584. The highest BCUT2D eigenvalue weighted by molar-refractivity contribution is 7.09. The van der Waals surface area contributed by atoms with Gasteiger partial charge in [-0.3, -0.25) is 9.59 Å². The van der Waals surface area contributed by atoms with Gasteiger partial charge in [-0.15, -0.1) is 11.3 Å². The molecule has 2 aromatic carbocycles. The first-order valence-corrected chi connectivity index (χ1v) is 10.1. The minimum atomic E-state index is -0.795. The van der Waals surface area contributed by atoms with Gasteiger partial charge in [-0.25, -0.2) is 9.78 Å². The number of carbonyl (C=O) groups is 3. The number of aryl methyl sites for hydroxylation is 1. The van der Waals surface area contributed by atoms with Crippen LogP contribution in [0, 0.1) is 0 Å². The predicted octanol–water partition coefficient (Wildman–Crippen LogP) is 3.59. The molecule has 1 aliphatic rings. The Bertz CT molecular complexity index is 1290. The van der Waals surface area contributed by atoms with E-state index in [-0.39, 0.29) is 16.7 Å². The molecule has 1 aliphatic heterocycles. The summed E-state index contributed by atoms with van der Waals surface area (Å²) >= 11 is 1.66. The Balaban J connectivity index is 1.40. The van der Waals surface area contributed by atoms with Crippen molar-refractivity contribution in [2.75, 3.05) is 0 Å². The lowest BCUT2D eigenvalue weighted by Crippen LogP contribution is -2.32. The van der Waals surface area contributed by atoms with Gasteiger partial charge >= 0.3 is 5.97 Å². The van der Waals surface area contributed by atoms with E-state index in [1.807, 2.05) is 23.1 Å². The fourth-order valence-electron chi connectivity index (χ4n) is 3.49. The van der Waals surface area contributed by atoms with Crippen molar-refractivity contribution in [3.8, 4) is 0 Å². The molecule has 0 radical (unpaired) electrons. The predicted molar refractivity (Wildman–Crippen MR) is 110 cm³/mol. The van der Waals surface area contributed by atoms with Crippen LogP contribution in [0.4, 0.5) is 0 Å². The maximum atomic E-state index is 12.6. The molecule has 8 heteroatoms. The number of fused-ring (bicyclic) bond motifs is 2. The second-order valence-corrected chi connectivity index (χ2v) is 7.91. The SMILES string of the molecule is Cn1c(Cc2cccs2)nc2cc(C(=O)ON3C(=O)c4ccccc4C3=O)ccc21. The third kappa shape index (κ3) is 2.89. The van der Waals surface area contributed by atoms with Crippen molar-refractivity contribution < 1.29 is 19.2 Å². The van der Waals surface area contributed by atoms with Crippen LogP contribution in [0.2, 0.25) is 0 Å². The third-order valence-corrected chi connectivity index (χ3v) is 5.93. The summed E-state index contributed by atoms with van der Waals surface area (Å²) in [6.45, 7) is 0. The Morgan fingerprint density at radius 3 is 2.43 bits per heavy atom. The molecular weight excluding hydrogens is 402 g/mol. The quantitative estimate of drug-likeness (QED) is 0.474. The first-order chi connectivity index (χ1) is 14.5. The first-order valence-electron chi connectivity index (χ1n) is 9.21.